The average molecular weight is 239 g/mol. The third kappa shape index (κ3) is 5.12. The van der Waals surface area contributed by atoms with Gasteiger partial charge >= 0.3 is 5.97 Å². The number of benzene rings is 1. The topological polar surface area (TPSA) is 58.6 Å². The second-order valence-electron chi connectivity index (χ2n) is 3.37. The lowest BCUT2D eigenvalue weighted by Crippen LogP contribution is -2.21. The van der Waals surface area contributed by atoms with Gasteiger partial charge in [-0.15, -0.1) is 0 Å². The average Bonchev–Trinajstić information content (AvgIpc) is 2.34. The SMILES string of the molecule is O=C(O)C(=CF)NOCCCc1ccccc1. The van der Waals surface area contributed by atoms with Crippen molar-refractivity contribution in [2.45, 2.75) is 12.8 Å². The molecule has 0 fully saturated rings. The molecule has 92 valence electrons. The summed E-state index contributed by atoms with van der Waals surface area (Å²) in [4.78, 5) is 15.2. The van der Waals surface area contributed by atoms with Gasteiger partial charge in [-0.1, -0.05) is 30.3 Å². The third-order valence-corrected chi connectivity index (χ3v) is 2.08. The van der Waals surface area contributed by atoms with Gasteiger partial charge in [0.2, 0.25) is 0 Å². The molecule has 0 saturated heterocycles. The molecule has 0 aromatic heterocycles. The lowest BCUT2D eigenvalue weighted by Gasteiger charge is -2.06. The van der Waals surface area contributed by atoms with E-state index in [1.807, 2.05) is 35.8 Å². The van der Waals surface area contributed by atoms with Crippen molar-refractivity contribution in [2.24, 2.45) is 0 Å². The molecule has 2 N–H and O–H groups in total. The number of hydrogen-bond donors (Lipinski definition) is 2. The van der Waals surface area contributed by atoms with Gasteiger partial charge in [-0.2, -0.15) is 0 Å². The van der Waals surface area contributed by atoms with Crippen LogP contribution in [0.3, 0.4) is 0 Å². The summed E-state index contributed by atoms with van der Waals surface area (Å²) in [5, 5.41) is 8.46. The van der Waals surface area contributed by atoms with Crippen LogP contribution in [0.2, 0.25) is 0 Å². The zero-order valence-corrected chi connectivity index (χ0v) is 9.23. The first-order valence-electron chi connectivity index (χ1n) is 5.19. The van der Waals surface area contributed by atoms with Crippen molar-refractivity contribution >= 4 is 5.97 Å². The molecule has 5 heteroatoms. The summed E-state index contributed by atoms with van der Waals surface area (Å²) in [6.45, 7) is 0.305. The number of carboxylic acids is 1. The van der Waals surface area contributed by atoms with Crippen LogP contribution in [0, 0.1) is 0 Å². The summed E-state index contributed by atoms with van der Waals surface area (Å²) in [5.41, 5.74) is 2.61. The Bertz CT molecular complexity index is 379. The number of rotatable bonds is 7. The molecular weight excluding hydrogens is 225 g/mol. The summed E-state index contributed by atoms with van der Waals surface area (Å²) < 4.78 is 12.0. The van der Waals surface area contributed by atoms with Gasteiger partial charge in [-0.3, -0.25) is 10.3 Å². The minimum Gasteiger partial charge on any atom is -0.476 e. The fraction of sp³-hybridized carbons (Fsp3) is 0.250. The molecule has 0 aliphatic carbocycles. The van der Waals surface area contributed by atoms with E-state index in [0.717, 1.165) is 12.8 Å². The van der Waals surface area contributed by atoms with Crippen molar-refractivity contribution in [2.75, 3.05) is 6.61 Å². The Kier molecular flexibility index (Phi) is 5.74. The minimum atomic E-state index is -1.39. The number of halogens is 1. The quantitative estimate of drug-likeness (QED) is 0.434. The lowest BCUT2D eigenvalue weighted by atomic mass is 10.1. The number of hydroxylamine groups is 1. The van der Waals surface area contributed by atoms with E-state index in [1.54, 1.807) is 0 Å². The van der Waals surface area contributed by atoms with E-state index in [1.165, 1.54) is 5.56 Å². The van der Waals surface area contributed by atoms with Crippen molar-refractivity contribution in [3.63, 3.8) is 0 Å². The molecular formula is C12H14FNO3. The van der Waals surface area contributed by atoms with Gasteiger partial charge in [-0.05, 0) is 18.4 Å². The molecule has 0 aliphatic heterocycles. The zero-order valence-electron chi connectivity index (χ0n) is 9.23. The van der Waals surface area contributed by atoms with Crippen LogP contribution in [0.1, 0.15) is 12.0 Å². The van der Waals surface area contributed by atoms with Gasteiger partial charge in [0.25, 0.3) is 0 Å². The predicted octanol–water partition coefficient (Wildman–Crippen LogP) is 2.04. The standard InChI is InChI=1S/C12H14FNO3/c13-9-11(12(15)16)14-17-8-4-7-10-5-2-1-3-6-10/h1-3,5-6,9,14H,4,7-8H2,(H,15,16). The van der Waals surface area contributed by atoms with E-state index in [4.69, 9.17) is 9.94 Å². The van der Waals surface area contributed by atoms with Gasteiger partial charge in [-0.25, -0.2) is 9.18 Å². The van der Waals surface area contributed by atoms with Crippen LogP contribution < -0.4 is 5.48 Å². The van der Waals surface area contributed by atoms with E-state index in [9.17, 15) is 9.18 Å². The second-order valence-corrected chi connectivity index (χ2v) is 3.37. The third-order valence-electron chi connectivity index (χ3n) is 2.08. The molecule has 1 aromatic carbocycles. The van der Waals surface area contributed by atoms with Crippen LogP contribution in [0.15, 0.2) is 42.4 Å². The molecule has 0 amide bonds. The highest BCUT2D eigenvalue weighted by atomic mass is 19.1. The van der Waals surface area contributed by atoms with Gasteiger partial charge in [0.1, 0.15) is 6.33 Å². The first-order chi connectivity index (χ1) is 8.24. The van der Waals surface area contributed by atoms with Crippen molar-refractivity contribution < 1.29 is 19.1 Å². The summed E-state index contributed by atoms with van der Waals surface area (Å²) in [6.07, 6.45) is 1.50. The molecule has 4 nitrogen and oxygen atoms in total. The summed E-state index contributed by atoms with van der Waals surface area (Å²) in [5.74, 6) is -1.39. The number of carboxylic acid groups (broad SMARTS) is 1. The van der Waals surface area contributed by atoms with Crippen molar-refractivity contribution in [3.8, 4) is 0 Å². The van der Waals surface area contributed by atoms with Gasteiger partial charge < -0.3 is 5.11 Å². The molecule has 0 heterocycles. The van der Waals surface area contributed by atoms with E-state index in [-0.39, 0.29) is 6.33 Å². The molecule has 0 spiro atoms. The van der Waals surface area contributed by atoms with Crippen molar-refractivity contribution in [3.05, 3.63) is 47.9 Å². The molecule has 1 rings (SSSR count). The van der Waals surface area contributed by atoms with E-state index < -0.39 is 11.7 Å². The normalized spacial score (nSPS) is 11.2. The Morgan fingerprint density at radius 1 is 1.41 bits per heavy atom. The van der Waals surface area contributed by atoms with Crippen LogP contribution in [-0.2, 0) is 16.1 Å². The highest BCUT2D eigenvalue weighted by Crippen LogP contribution is 2.02. The molecule has 0 radical (unpaired) electrons. The molecule has 0 unspecified atom stereocenters. The van der Waals surface area contributed by atoms with Crippen LogP contribution in [0.4, 0.5) is 4.39 Å². The molecule has 1 aromatic rings. The molecule has 17 heavy (non-hydrogen) atoms. The number of aliphatic carboxylic acids is 1. The maximum Gasteiger partial charge on any atom is 0.356 e. The first-order valence-corrected chi connectivity index (χ1v) is 5.19. The maximum absolute atomic E-state index is 12.0. The van der Waals surface area contributed by atoms with Crippen molar-refractivity contribution in [1.29, 1.82) is 0 Å². The Morgan fingerprint density at radius 3 is 2.71 bits per heavy atom. The van der Waals surface area contributed by atoms with Gasteiger partial charge in [0.05, 0.1) is 6.61 Å². The number of carbonyl (C=O) groups is 1. The smallest absolute Gasteiger partial charge is 0.356 e. The summed E-state index contributed by atoms with van der Waals surface area (Å²) >= 11 is 0. The van der Waals surface area contributed by atoms with Crippen LogP contribution in [0.25, 0.3) is 0 Å². The Labute approximate surface area is 98.7 Å². The molecule has 0 saturated carbocycles. The number of nitrogens with one attached hydrogen (secondary N) is 1. The molecule has 0 atom stereocenters. The number of aryl methyl sites for hydroxylation is 1. The summed E-state index contributed by atoms with van der Waals surface area (Å²) in [6, 6.07) is 9.83. The zero-order chi connectivity index (χ0) is 12.5. The van der Waals surface area contributed by atoms with Crippen LogP contribution in [0.5, 0.6) is 0 Å². The molecule has 0 bridgehead atoms. The Balaban J connectivity index is 2.15. The number of hydrogen-bond acceptors (Lipinski definition) is 3. The first kappa shape index (κ1) is 13.2. The lowest BCUT2D eigenvalue weighted by molar-refractivity contribution is -0.134. The second kappa shape index (κ2) is 7.40. The summed E-state index contributed by atoms with van der Waals surface area (Å²) in [7, 11) is 0. The van der Waals surface area contributed by atoms with Crippen LogP contribution in [-0.4, -0.2) is 17.7 Å². The predicted molar refractivity (Wildman–Crippen MR) is 60.7 cm³/mol. The highest BCUT2D eigenvalue weighted by molar-refractivity contribution is 5.85. The Hall–Kier alpha value is -1.88. The minimum absolute atomic E-state index is 0.0421. The van der Waals surface area contributed by atoms with Gasteiger partial charge in [0, 0.05) is 0 Å². The maximum atomic E-state index is 12.0. The fourth-order valence-electron chi connectivity index (χ4n) is 1.23. The monoisotopic (exact) mass is 239 g/mol. The fourth-order valence-corrected chi connectivity index (χ4v) is 1.23. The van der Waals surface area contributed by atoms with E-state index >= 15 is 0 Å². The van der Waals surface area contributed by atoms with E-state index in [0.29, 0.717) is 6.61 Å². The highest BCUT2D eigenvalue weighted by Gasteiger charge is 2.06. The molecule has 0 aliphatic rings. The van der Waals surface area contributed by atoms with Gasteiger partial charge in [0.15, 0.2) is 5.70 Å². The van der Waals surface area contributed by atoms with Crippen molar-refractivity contribution in [1.82, 2.24) is 5.48 Å². The van der Waals surface area contributed by atoms with Crippen LogP contribution >= 0.6 is 0 Å². The van der Waals surface area contributed by atoms with E-state index in [2.05, 4.69) is 0 Å². The largest absolute Gasteiger partial charge is 0.476 e. The Morgan fingerprint density at radius 2 is 2.12 bits per heavy atom.